The van der Waals surface area contributed by atoms with Crippen LogP contribution in [0.25, 0.3) is 0 Å². The number of hydrogen-bond acceptors (Lipinski definition) is 1. The molecule has 0 aliphatic heterocycles. The fourth-order valence-electron chi connectivity index (χ4n) is 1.66. The maximum atomic E-state index is 3.45. The van der Waals surface area contributed by atoms with Gasteiger partial charge in [0.05, 0.1) is 0 Å². The molecule has 2 rings (SSSR count). The standard InChI is InChI=1S/C12H15N/c1-2-8-12(9-3-1)13-10-11-6-4-5-7-11/h1-5,8-9,11,13H,6-7,10H2. The molecule has 0 heterocycles. The average Bonchev–Trinajstić information content (AvgIpc) is 2.69. The summed E-state index contributed by atoms with van der Waals surface area (Å²) in [7, 11) is 0. The molecular formula is C12H15N. The molecule has 0 amide bonds. The Hall–Kier alpha value is -1.24. The van der Waals surface area contributed by atoms with E-state index in [9.17, 15) is 0 Å². The van der Waals surface area contributed by atoms with Crippen molar-refractivity contribution < 1.29 is 0 Å². The van der Waals surface area contributed by atoms with E-state index in [0.717, 1.165) is 12.5 Å². The zero-order valence-corrected chi connectivity index (χ0v) is 7.74. The van der Waals surface area contributed by atoms with E-state index in [-0.39, 0.29) is 0 Å². The topological polar surface area (TPSA) is 12.0 Å². The van der Waals surface area contributed by atoms with Gasteiger partial charge in [-0.15, -0.1) is 0 Å². The number of benzene rings is 1. The highest BCUT2D eigenvalue weighted by Gasteiger charge is 2.08. The minimum Gasteiger partial charge on any atom is -0.385 e. The van der Waals surface area contributed by atoms with Crippen molar-refractivity contribution in [2.75, 3.05) is 11.9 Å². The van der Waals surface area contributed by atoms with Crippen LogP contribution in [0.4, 0.5) is 5.69 Å². The van der Waals surface area contributed by atoms with Gasteiger partial charge in [-0.05, 0) is 30.9 Å². The lowest BCUT2D eigenvalue weighted by Gasteiger charge is -2.11. The molecule has 1 aromatic rings. The summed E-state index contributed by atoms with van der Waals surface area (Å²) < 4.78 is 0. The Morgan fingerprint density at radius 3 is 2.46 bits per heavy atom. The number of allylic oxidation sites excluding steroid dienone is 2. The minimum absolute atomic E-state index is 0.806. The van der Waals surface area contributed by atoms with Crippen LogP contribution < -0.4 is 5.32 Å². The second-order valence-corrected chi connectivity index (χ2v) is 3.56. The van der Waals surface area contributed by atoms with Gasteiger partial charge in [-0.3, -0.25) is 0 Å². The Bertz CT molecular complexity index is 268. The monoisotopic (exact) mass is 173 g/mol. The van der Waals surface area contributed by atoms with E-state index in [1.54, 1.807) is 0 Å². The summed E-state index contributed by atoms with van der Waals surface area (Å²) in [5, 5.41) is 3.45. The van der Waals surface area contributed by atoms with Crippen LogP contribution in [0.1, 0.15) is 12.8 Å². The predicted molar refractivity (Wildman–Crippen MR) is 56.8 cm³/mol. The second kappa shape index (κ2) is 4.13. The van der Waals surface area contributed by atoms with Gasteiger partial charge in [0.1, 0.15) is 0 Å². The molecule has 0 radical (unpaired) electrons. The molecule has 0 saturated carbocycles. The van der Waals surface area contributed by atoms with Gasteiger partial charge in [0.25, 0.3) is 0 Å². The molecule has 13 heavy (non-hydrogen) atoms. The van der Waals surface area contributed by atoms with E-state index in [4.69, 9.17) is 0 Å². The van der Waals surface area contributed by atoms with Crippen molar-refractivity contribution in [3.05, 3.63) is 42.5 Å². The lowest BCUT2D eigenvalue weighted by atomic mass is 10.1. The third-order valence-corrected chi connectivity index (χ3v) is 2.47. The fraction of sp³-hybridized carbons (Fsp3) is 0.333. The van der Waals surface area contributed by atoms with Crippen molar-refractivity contribution in [3.63, 3.8) is 0 Å². The Morgan fingerprint density at radius 2 is 1.77 bits per heavy atom. The van der Waals surface area contributed by atoms with Crippen molar-refractivity contribution in [1.82, 2.24) is 0 Å². The SMILES string of the molecule is C1=CCC(CNc2ccccc2)C1. The van der Waals surface area contributed by atoms with Crippen molar-refractivity contribution in [2.24, 2.45) is 5.92 Å². The van der Waals surface area contributed by atoms with Crippen LogP contribution in [0.5, 0.6) is 0 Å². The molecule has 1 aliphatic carbocycles. The summed E-state index contributed by atoms with van der Waals surface area (Å²) in [4.78, 5) is 0. The normalized spacial score (nSPS) is 16.3. The van der Waals surface area contributed by atoms with Gasteiger partial charge in [-0.2, -0.15) is 0 Å². The van der Waals surface area contributed by atoms with Gasteiger partial charge >= 0.3 is 0 Å². The first-order chi connectivity index (χ1) is 6.45. The van der Waals surface area contributed by atoms with Gasteiger partial charge < -0.3 is 5.32 Å². The number of hydrogen-bond donors (Lipinski definition) is 1. The highest BCUT2D eigenvalue weighted by molar-refractivity contribution is 5.42. The zero-order valence-electron chi connectivity index (χ0n) is 7.74. The van der Waals surface area contributed by atoms with Gasteiger partial charge in [0, 0.05) is 12.2 Å². The molecule has 0 bridgehead atoms. The molecular weight excluding hydrogens is 158 g/mol. The Balaban J connectivity index is 1.80. The molecule has 1 nitrogen and oxygen atoms in total. The lowest BCUT2D eigenvalue weighted by molar-refractivity contribution is 0.603. The molecule has 0 atom stereocenters. The number of rotatable bonds is 3. The van der Waals surface area contributed by atoms with Gasteiger partial charge in [0.2, 0.25) is 0 Å². The van der Waals surface area contributed by atoms with Crippen LogP contribution in [0.2, 0.25) is 0 Å². The van der Waals surface area contributed by atoms with Gasteiger partial charge in [0.15, 0.2) is 0 Å². The molecule has 1 heteroatoms. The van der Waals surface area contributed by atoms with E-state index >= 15 is 0 Å². The molecule has 1 aliphatic rings. The maximum absolute atomic E-state index is 3.45. The summed E-state index contributed by atoms with van der Waals surface area (Å²) in [5.74, 6) is 0.806. The minimum atomic E-state index is 0.806. The Morgan fingerprint density at radius 1 is 1.08 bits per heavy atom. The van der Waals surface area contributed by atoms with E-state index in [1.165, 1.54) is 18.5 Å². The van der Waals surface area contributed by atoms with Crippen molar-refractivity contribution >= 4 is 5.69 Å². The number of nitrogens with one attached hydrogen (secondary N) is 1. The Labute approximate surface area is 79.5 Å². The number of anilines is 1. The lowest BCUT2D eigenvalue weighted by Crippen LogP contribution is -2.10. The second-order valence-electron chi connectivity index (χ2n) is 3.56. The molecule has 0 fully saturated rings. The third kappa shape index (κ3) is 2.35. The first kappa shape index (κ1) is 8.36. The molecule has 1 aromatic carbocycles. The average molecular weight is 173 g/mol. The van der Waals surface area contributed by atoms with E-state index in [0.29, 0.717) is 0 Å². The summed E-state index contributed by atoms with van der Waals surface area (Å²) in [6.07, 6.45) is 7.02. The zero-order chi connectivity index (χ0) is 8.93. The molecule has 0 unspecified atom stereocenters. The Kier molecular flexibility index (Phi) is 2.65. The molecule has 1 N–H and O–H groups in total. The summed E-state index contributed by atoms with van der Waals surface area (Å²) in [6, 6.07) is 10.4. The number of para-hydroxylation sites is 1. The van der Waals surface area contributed by atoms with Crippen molar-refractivity contribution in [2.45, 2.75) is 12.8 Å². The van der Waals surface area contributed by atoms with Gasteiger partial charge in [-0.1, -0.05) is 30.4 Å². The van der Waals surface area contributed by atoms with Crippen LogP contribution in [0, 0.1) is 5.92 Å². The van der Waals surface area contributed by atoms with Gasteiger partial charge in [-0.25, -0.2) is 0 Å². The van der Waals surface area contributed by atoms with E-state index in [1.807, 2.05) is 6.07 Å². The summed E-state index contributed by atoms with van der Waals surface area (Å²) in [5.41, 5.74) is 1.23. The quantitative estimate of drug-likeness (QED) is 0.693. The largest absolute Gasteiger partial charge is 0.385 e. The maximum Gasteiger partial charge on any atom is 0.0340 e. The fourth-order valence-corrected chi connectivity index (χ4v) is 1.66. The highest BCUT2D eigenvalue weighted by atomic mass is 14.9. The van der Waals surface area contributed by atoms with E-state index in [2.05, 4.69) is 41.7 Å². The van der Waals surface area contributed by atoms with Crippen LogP contribution >= 0.6 is 0 Å². The molecule has 68 valence electrons. The predicted octanol–water partition coefficient (Wildman–Crippen LogP) is 3.06. The van der Waals surface area contributed by atoms with E-state index < -0.39 is 0 Å². The summed E-state index contributed by atoms with van der Waals surface area (Å²) in [6.45, 7) is 1.09. The van der Waals surface area contributed by atoms with Crippen LogP contribution in [0.15, 0.2) is 42.5 Å². The van der Waals surface area contributed by atoms with Crippen molar-refractivity contribution in [1.29, 1.82) is 0 Å². The van der Waals surface area contributed by atoms with Crippen LogP contribution in [-0.2, 0) is 0 Å². The molecule has 0 aromatic heterocycles. The highest BCUT2D eigenvalue weighted by Crippen LogP contribution is 2.18. The van der Waals surface area contributed by atoms with Crippen LogP contribution in [0.3, 0.4) is 0 Å². The summed E-state index contributed by atoms with van der Waals surface area (Å²) >= 11 is 0. The third-order valence-electron chi connectivity index (χ3n) is 2.47. The first-order valence-electron chi connectivity index (χ1n) is 4.89. The first-order valence-corrected chi connectivity index (χ1v) is 4.89. The molecule has 0 spiro atoms. The smallest absolute Gasteiger partial charge is 0.0340 e. The van der Waals surface area contributed by atoms with Crippen molar-refractivity contribution in [3.8, 4) is 0 Å². The van der Waals surface area contributed by atoms with Crippen LogP contribution in [-0.4, -0.2) is 6.54 Å². The molecule has 0 saturated heterocycles.